The normalized spacial score (nSPS) is 30.3. The lowest BCUT2D eigenvalue weighted by molar-refractivity contribution is -0.123. The Kier molecular flexibility index (Phi) is 2.75. The molecule has 1 N–H and O–H groups in total. The van der Waals surface area contributed by atoms with Gasteiger partial charge in [0.25, 0.3) is 0 Å². The van der Waals surface area contributed by atoms with E-state index in [4.69, 9.17) is 0 Å². The van der Waals surface area contributed by atoms with Crippen molar-refractivity contribution < 1.29 is 14.7 Å². The Morgan fingerprint density at radius 1 is 1.16 bits per heavy atom. The number of fused-ring (bicyclic) bond motifs is 1. The highest BCUT2D eigenvalue weighted by atomic mass is 16.3. The lowest BCUT2D eigenvalue weighted by Crippen LogP contribution is -2.34. The molecule has 4 nitrogen and oxygen atoms in total. The number of anilines is 1. The zero-order valence-electron chi connectivity index (χ0n) is 10.6. The van der Waals surface area contributed by atoms with Gasteiger partial charge in [-0.2, -0.15) is 0 Å². The lowest BCUT2D eigenvalue weighted by atomic mass is 9.80. The van der Waals surface area contributed by atoms with Crippen molar-refractivity contribution in [2.75, 3.05) is 4.90 Å². The molecule has 0 bridgehead atoms. The summed E-state index contributed by atoms with van der Waals surface area (Å²) in [4.78, 5) is 26.0. The molecule has 19 heavy (non-hydrogen) atoms. The van der Waals surface area contributed by atoms with Gasteiger partial charge in [-0.1, -0.05) is 29.8 Å². The average molecular weight is 257 g/mol. The first-order valence-electron chi connectivity index (χ1n) is 6.38. The van der Waals surface area contributed by atoms with E-state index in [0.29, 0.717) is 12.1 Å². The Morgan fingerprint density at radius 3 is 2.53 bits per heavy atom. The number of benzene rings is 1. The van der Waals surface area contributed by atoms with Gasteiger partial charge in [0.1, 0.15) is 0 Å². The van der Waals surface area contributed by atoms with Crippen LogP contribution in [0.25, 0.3) is 0 Å². The fourth-order valence-electron chi connectivity index (χ4n) is 2.99. The van der Waals surface area contributed by atoms with Gasteiger partial charge in [-0.05, 0) is 25.5 Å². The number of aliphatic hydroxyl groups excluding tert-OH is 1. The number of para-hydroxylation sites is 1. The molecule has 98 valence electrons. The van der Waals surface area contributed by atoms with Crippen molar-refractivity contribution in [2.45, 2.75) is 19.4 Å². The van der Waals surface area contributed by atoms with E-state index < -0.39 is 17.9 Å². The molecule has 3 atom stereocenters. The molecule has 0 unspecified atom stereocenters. The first kappa shape index (κ1) is 12.1. The van der Waals surface area contributed by atoms with Crippen molar-refractivity contribution in [3.8, 4) is 0 Å². The molecule has 0 saturated carbocycles. The molecule has 2 aliphatic rings. The topological polar surface area (TPSA) is 57.6 Å². The quantitative estimate of drug-likeness (QED) is 0.612. The third kappa shape index (κ3) is 1.79. The molecule has 2 amide bonds. The molecule has 0 aromatic heterocycles. The second kappa shape index (κ2) is 4.31. The van der Waals surface area contributed by atoms with Crippen LogP contribution >= 0.6 is 0 Å². The smallest absolute Gasteiger partial charge is 0.240 e. The molecule has 4 heteroatoms. The van der Waals surface area contributed by atoms with Crippen LogP contribution in [-0.4, -0.2) is 23.0 Å². The number of carbonyl (C=O) groups is 2. The molecule has 1 aliphatic carbocycles. The van der Waals surface area contributed by atoms with E-state index in [1.54, 1.807) is 30.3 Å². The SMILES string of the molecule is CC1=C[C@@H](O)[C@H]2C(=O)N(c3ccccc3)C(=O)[C@H]2C1. The van der Waals surface area contributed by atoms with Gasteiger partial charge in [-0.25, -0.2) is 4.90 Å². The summed E-state index contributed by atoms with van der Waals surface area (Å²) in [5.74, 6) is -1.55. The predicted molar refractivity (Wildman–Crippen MR) is 70.3 cm³/mol. The van der Waals surface area contributed by atoms with Crippen LogP contribution in [-0.2, 0) is 9.59 Å². The molecule has 1 saturated heterocycles. The summed E-state index contributed by atoms with van der Waals surface area (Å²) in [6, 6.07) is 8.89. The largest absolute Gasteiger partial charge is 0.388 e. The number of nitrogens with zero attached hydrogens (tertiary/aromatic N) is 1. The van der Waals surface area contributed by atoms with Crippen molar-refractivity contribution in [1.29, 1.82) is 0 Å². The molecular formula is C15H15NO3. The zero-order valence-corrected chi connectivity index (χ0v) is 10.6. The first-order chi connectivity index (χ1) is 9.09. The minimum absolute atomic E-state index is 0.201. The van der Waals surface area contributed by atoms with Crippen LogP contribution in [0.1, 0.15) is 13.3 Å². The monoisotopic (exact) mass is 257 g/mol. The molecule has 0 spiro atoms. The standard InChI is InChI=1S/C15H15NO3/c1-9-7-11-13(12(17)8-9)15(19)16(14(11)18)10-5-3-2-4-6-10/h2-6,8,11-13,17H,7H2,1H3/t11-,12+,13-/m0/s1. The first-order valence-corrected chi connectivity index (χ1v) is 6.38. The Bertz CT molecular complexity index is 564. The van der Waals surface area contributed by atoms with Crippen molar-refractivity contribution in [2.24, 2.45) is 11.8 Å². The molecular weight excluding hydrogens is 242 g/mol. The summed E-state index contributed by atoms with van der Waals surface area (Å²) in [5.41, 5.74) is 1.54. The highest BCUT2D eigenvalue weighted by Crippen LogP contribution is 2.39. The minimum Gasteiger partial charge on any atom is -0.388 e. The summed E-state index contributed by atoms with van der Waals surface area (Å²) in [5, 5.41) is 10.0. The van der Waals surface area contributed by atoms with E-state index in [0.717, 1.165) is 5.57 Å². The van der Waals surface area contributed by atoms with Crippen LogP contribution in [0, 0.1) is 11.8 Å². The number of carbonyl (C=O) groups excluding carboxylic acids is 2. The Morgan fingerprint density at radius 2 is 1.84 bits per heavy atom. The predicted octanol–water partition coefficient (Wildman–Crippen LogP) is 1.50. The molecule has 3 rings (SSSR count). The highest BCUT2D eigenvalue weighted by Gasteiger charge is 2.52. The fourth-order valence-corrected chi connectivity index (χ4v) is 2.99. The van der Waals surface area contributed by atoms with Crippen molar-refractivity contribution >= 4 is 17.5 Å². The average Bonchev–Trinajstić information content (AvgIpc) is 2.62. The van der Waals surface area contributed by atoms with Gasteiger partial charge in [0, 0.05) is 0 Å². The van der Waals surface area contributed by atoms with E-state index in [1.165, 1.54) is 4.90 Å². The van der Waals surface area contributed by atoms with E-state index >= 15 is 0 Å². The number of aliphatic hydroxyl groups is 1. The minimum atomic E-state index is -0.857. The number of hydrogen-bond acceptors (Lipinski definition) is 3. The van der Waals surface area contributed by atoms with E-state index in [-0.39, 0.29) is 11.8 Å². The summed E-state index contributed by atoms with van der Waals surface area (Å²) < 4.78 is 0. The molecule has 1 aromatic rings. The number of amides is 2. The highest BCUT2D eigenvalue weighted by molar-refractivity contribution is 6.22. The summed E-state index contributed by atoms with van der Waals surface area (Å²) in [6.07, 6.45) is 1.38. The second-order valence-electron chi connectivity index (χ2n) is 5.19. The number of imide groups is 1. The zero-order chi connectivity index (χ0) is 13.6. The van der Waals surface area contributed by atoms with Crippen LogP contribution in [0.2, 0.25) is 0 Å². The summed E-state index contributed by atoms with van der Waals surface area (Å²) >= 11 is 0. The van der Waals surface area contributed by atoms with Crippen LogP contribution in [0.5, 0.6) is 0 Å². The molecule has 1 aromatic carbocycles. The Hall–Kier alpha value is -1.94. The second-order valence-corrected chi connectivity index (χ2v) is 5.19. The Labute approximate surface area is 111 Å². The summed E-state index contributed by atoms with van der Waals surface area (Å²) in [6.45, 7) is 1.88. The number of hydrogen-bond donors (Lipinski definition) is 1. The van der Waals surface area contributed by atoms with Crippen LogP contribution in [0.3, 0.4) is 0 Å². The van der Waals surface area contributed by atoms with Gasteiger partial charge in [-0.3, -0.25) is 9.59 Å². The van der Waals surface area contributed by atoms with Crippen molar-refractivity contribution in [3.05, 3.63) is 42.0 Å². The molecule has 1 fully saturated rings. The Balaban J connectivity index is 2.00. The fraction of sp³-hybridized carbons (Fsp3) is 0.333. The van der Waals surface area contributed by atoms with E-state index in [1.807, 2.05) is 13.0 Å². The van der Waals surface area contributed by atoms with Gasteiger partial charge in [0.2, 0.25) is 11.8 Å². The van der Waals surface area contributed by atoms with Gasteiger partial charge < -0.3 is 5.11 Å². The molecule has 1 aliphatic heterocycles. The molecule has 1 heterocycles. The van der Waals surface area contributed by atoms with Crippen LogP contribution in [0.4, 0.5) is 5.69 Å². The van der Waals surface area contributed by atoms with Gasteiger partial charge >= 0.3 is 0 Å². The van der Waals surface area contributed by atoms with Gasteiger partial charge in [0.05, 0.1) is 23.6 Å². The van der Waals surface area contributed by atoms with Gasteiger partial charge in [-0.15, -0.1) is 0 Å². The maximum atomic E-state index is 12.4. The van der Waals surface area contributed by atoms with E-state index in [2.05, 4.69) is 0 Å². The third-order valence-corrected chi connectivity index (χ3v) is 3.86. The van der Waals surface area contributed by atoms with E-state index in [9.17, 15) is 14.7 Å². The van der Waals surface area contributed by atoms with Crippen molar-refractivity contribution in [3.63, 3.8) is 0 Å². The number of allylic oxidation sites excluding steroid dienone is 1. The van der Waals surface area contributed by atoms with Crippen LogP contribution < -0.4 is 4.90 Å². The van der Waals surface area contributed by atoms with Crippen molar-refractivity contribution in [1.82, 2.24) is 0 Å². The maximum absolute atomic E-state index is 12.4. The summed E-state index contributed by atoms with van der Waals surface area (Å²) in [7, 11) is 0. The van der Waals surface area contributed by atoms with Gasteiger partial charge in [0.15, 0.2) is 0 Å². The lowest BCUT2D eigenvalue weighted by Gasteiger charge is -2.24. The maximum Gasteiger partial charge on any atom is 0.240 e. The number of rotatable bonds is 1. The third-order valence-electron chi connectivity index (χ3n) is 3.86. The van der Waals surface area contributed by atoms with Crippen LogP contribution in [0.15, 0.2) is 42.0 Å². The molecule has 0 radical (unpaired) electrons.